The van der Waals surface area contributed by atoms with Gasteiger partial charge in [0.15, 0.2) is 0 Å². The maximum Gasteiger partial charge on any atom is 0.282 e. The number of nitrogens with zero attached hydrogens (tertiary/aromatic N) is 1. The van der Waals surface area contributed by atoms with E-state index in [1.54, 1.807) is 18.2 Å². The van der Waals surface area contributed by atoms with Crippen LogP contribution >= 0.6 is 23.2 Å². The normalized spacial score (nSPS) is 13.9. The molecule has 1 heterocycles. The number of hydrogen-bond acceptors (Lipinski definition) is 3. The SMILES string of the molecule is Cc1ccc(C2=C(Nc3cc(C)ccc3C)C(=O)N(c3cccc(Cl)c3Cl)C2=O)cc1. The molecule has 0 bridgehead atoms. The number of hydrogen-bond donors (Lipinski definition) is 1. The fourth-order valence-corrected chi connectivity index (χ4v) is 3.90. The Morgan fingerprint density at radius 1 is 0.806 bits per heavy atom. The second kappa shape index (κ2) is 8.22. The van der Waals surface area contributed by atoms with Crippen LogP contribution in [-0.4, -0.2) is 11.8 Å². The van der Waals surface area contributed by atoms with Crippen molar-refractivity contribution in [1.29, 1.82) is 0 Å². The average molecular weight is 451 g/mol. The highest BCUT2D eigenvalue weighted by atomic mass is 35.5. The summed E-state index contributed by atoms with van der Waals surface area (Å²) in [5.41, 5.74) is 5.22. The standard InChI is InChI=1S/C25H20Cl2N2O2/c1-14-8-11-17(12-9-14)21-23(28-19-13-15(2)7-10-16(19)3)25(31)29(24(21)30)20-6-4-5-18(26)22(20)27/h4-13,28H,1-3H3. The van der Waals surface area contributed by atoms with Crippen molar-refractivity contribution in [3.63, 3.8) is 0 Å². The summed E-state index contributed by atoms with van der Waals surface area (Å²) in [5, 5.41) is 3.64. The van der Waals surface area contributed by atoms with Crippen molar-refractivity contribution >= 4 is 52.0 Å². The molecule has 3 aromatic carbocycles. The Hall–Kier alpha value is -3.08. The number of nitrogens with one attached hydrogen (secondary N) is 1. The largest absolute Gasteiger partial charge is 0.350 e. The van der Waals surface area contributed by atoms with Crippen molar-refractivity contribution in [2.24, 2.45) is 0 Å². The molecule has 1 N–H and O–H groups in total. The summed E-state index contributed by atoms with van der Waals surface area (Å²) in [6, 6.07) is 18.3. The summed E-state index contributed by atoms with van der Waals surface area (Å²) in [6.45, 7) is 5.88. The summed E-state index contributed by atoms with van der Waals surface area (Å²) in [6.07, 6.45) is 0. The Balaban J connectivity index is 1.88. The minimum Gasteiger partial charge on any atom is -0.350 e. The van der Waals surface area contributed by atoms with E-state index in [2.05, 4.69) is 5.32 Å². The highest BCUT2D eigenvalue weighted by Crippen LogP contribution is 2.39. The molecule has 0 aromatic heterocycles. The lowest BCUT2D eigenvalue weighted by Crippen LogP contribution is -2.32. The van der Waals surface area contributed by atoms with Gasteiger partial charge in [0, 0.05) is 5.69 Å². The third kappa shape index (κ3) is 3.85. The van der Waals surface area contributed by atoms with Crippen LogP contribution < -0.4 is 10.2 Å². The topological polar surface area (TPSA) is 49.4 Å². The lowest BCUT2D eigenvalue weighted by Gasteiger charge is -2.17. The van der Waals surface area contributed by atoms with Crippen molar-refractivity contribution < 1.29 is 9.59 Å². The predicted octanol–water partition coefficient (Wildman–Crippen LogP) is 6.32. The molecule has 0 saturated heterocycles. The van der Waals surface area contributed by atoms with Gasteiger partial charge >= 0.3 is 0 Å². The third-order valence-electron chi connectivity index (χ3n) is 5.25. The van der Waals surface area contributed by atoms with E-state index in [1.165, 1.54) is 0 Å². The van der Waals surface area contributed by atoms with Crippen LogP contribution in [0.1, 0.15) is 22.3 Å². The van der Waals surface area contributed by atoms with Crippen LogP contribution in [0.15, 0.2) is 66.4 Å². The number of imide groups is 1. The lowest BCUT2D eigenvalue weighted by molar-refractivity contribution is -0.120. The second-order valence-electron chi connectivity index (χ2n) is 7.58. The van der Waals surface area contributed by atoms with Gasteiger partial charge in [-0.25, -0.2) is 4.90 Å². The van der Waals surface area contributed by atoms with E-state index in [4.69, 9.17) is 23.2 Å². The van der Waals surface area contributed by atoms with Crippen LogP contribution in [-0.2, 0) is 9.59 Å². The van der Waals surface area contributed by atoms with Crippen LogP contribution in [0, 0.1) is 20.8 Å². The van der Waals surface area contributed by atoms with Crippen LogP contribution in [0.4, 0.5) is 11.4 Å². The summed E-state index contributed by atoms with van der Waals surface area (Å²) in [5.74, 6) is -0.934. The van der Waals surface area contributed by atoms with Gasteiger partial charge in [0.2, 0.25) is 0 Å². The molecule has 0 aliphatic carbocycles. The van der Waals surface area contributed by atoms with Crippen LogP contribution in [0.3, 0.4) is 0 Å². The number of aryl methyl sites for hydroxylation is 3. The molecule has 0 fully saturated rings. The molecule has 0 unspecified atom stereocenters. The third-order valence-corrected chi connectivity index (χ3v) is 6.06. The molecule has 0 saturated carbocycles. The maximum atomic E-state index is 13.5. The van der Waals surface area contributed by atoms with Crippen LogP contribution in [0.5, 0.6) is 0 Å². The number of benzene rings is 3. The molecule has 3 aromatic rings. The lowest BCUT2D eigenvalue weighted by atomic mass is 10.0. The first-order valence-corrected chi connectivity index (χ1v) is 10.5. The van der Waals surface area contributed by atoms with E-state index in [-0.39, 0.29) is 21.4 Å². The number of rotatable bonds is 4. The van der Waals surface area contributed by atoms with Crippen LogP contribution in [0.2, 0.25) is 10.0 Å². The number of amides is 2. The molecule has 4 rings (SSSR count). The van der Waals surface area contributed by atoms with Crippen molar-refractivity contribution in [2.45, 2.75) is 20.8 Å². The highest BCUT2D eigenvalue weighted by molar-refractivity contribution is 6.50. The zero-order chi connectivity index (χ0) is 22.3. The minimum atomic E-state index is -0.481. The Bertz CT molecular complexity index is 1250. The molecular formula is C25H20Cl2N2O2. The van der Waals surface area contributed by atoms with E-state index >= 15 is 0 Å². The van der Waals surface area contributed by atoms with Crippen molar-refractivity contribution in [3.8, 4) is 0 Å². The van der Waals surface area contributed by atoms with Crippen molar-refractivity contribution in [3.05, 3.63) is 98.7 Å². The predicted molar refractivity (Wildman–Crippen MR) is 127 cm³/mol. The Kier molecular flexibility index (Phi) is 5.61. The van der Waals surface area contributed by atoms with E-state index in [1.807, 2.05) is 63.2 Å². The summed E-state index contributed by atoms with van der Waals surface area (Å²) >= 11 is 12.5. The molecule has 6 heteroatoms. The van der Waals surface area contributed by atoms with Crippen molar-refractivity contribution in [2.75, 3.05) is 10.2 Å². The number of anilines is 2. The van der Waals surface area contributed by atoms with Gasteiger partial charge in [-0.1, -0.05) is 71.2 Å². The van der Waals surface area contributed by atoms with E-state index in [9.17, 15) is 9.59 Å². The van der Waals surface area contributed by atoms with Gasteiger partial charge in [-0.3, -0.25) is 9.59 Å². The Morgan fingerprint density at radius 2 is 1.48 bits per heavy atom. The van der Waals surface area contributed by atoms with Gasteiger partial charge in [0.25, 0.3) is 11.8 Å². The van der Waals surface area contributed by atoms with Crippen LogP contribution in [0.25, 0.3) is 5.57 Å². The molecule has 1 aliphatic rings. The average Bonchev–Trinajstić information content (AvgIpc) is 2.97. The zero-order valence-electron chi connectivity index (χ0n) is 17.3. The van der Waals surface area contributed by atoms with E-state index < -0.39 is 11.8 Å². The van der Waals surface area contributed by atoms with Gasteiger partial charge in [0.05, 0.1) is 21.3 Å². The number of carbonyl (C=O) groups is 2. The monoisotopic (exact) mass is 450 g/mol. The number of halogens is 2. The van der Waals surface area contributed by atoms with Crippen molar-refractivity contribution in [1.82, 2.24) is 0 Å². The summed E-state index contributed by atoms with van der Waals surface area (Å²) < 4.78 is 0. The molecule has 1 aliphatic heterocycles. The Morgan fingerprint density at radius 3 is 2.19 bits per heavy atom. The summed E-state index contributed by atoms with van der Waals surface area (Å²) in [7, 11) is 0. The fourth-order valence-electron chi connectivity index (χ4n) is 3.52. The van der Waals surface area contributed by atoms with E-state index in [0.29, 0.717) is 11.1 Å². The number of carbonyl (C=O) groups excluding carboxylic acids is 2. The molecule has 0 radical (unpaired) electrons. The molecule has 156 valence electrons. The van der Waals surface area contributed by atoms with Gasteiger partial charge in [-0.15, -0.1) is 0 Å². The molecular weight excluding hydrogens is 431 g/mol. The summed E-state index contributed by atoms with van der Waals surface area (Å²) in [4.78, 5) is 28.1. The van der Waals surface area contributed by atoms with E-state index in [0.717, 1.165) is 27.3 Å². The quantitative estimate of drug-likeness (QED) is 0.473. The second-order valence-corrected chi connectivity index (χ2v) is 8.36. The highest BCUT2D eigenvalue weighted by Gasteiger charge is 2.41. The smallest absolute Gasteiger partial charge is 0.282 e. The Labute approximate surface area is 191 Å². The zero-order valence-corrected chi connectivity index (χ0v) is 18.8. The first-order valence-electron chi connectivity index (χ1n) is 9.76. The molecule has 31 heavy (non-hydrogen) atoms. The maximum absolute atomic E-state index is 13.5. The first kappa shape index (κ1) is 21.2. The van der Waals surface area contributed by atoms with Gasteiger partial charge in [-0.05, 0) is 55.7 Å². The molecule has 4 nitrogen and oxygen atoms in total. The van der Waals surface area contributed by atoms with Gasteiger partial charge < -0.3 is 5.32 Å². The van der Waals surface area contributed by atoms with Gasteiger partial charge in [-0.2, -0.15) is 0 Å². The first-order chi connectivity index (χ1) is 14.8. The minimum absolute atomic E-state index is 0.155. The molecule has 0 atom stereocenters. The fraction of sp³-hybridized carbons (Fsp3) is 0.120. The van der Waals surface area contributed by atoms with Gasteiger partial charge in [0.1, 0.15) is 5.70 Å². The molecule has 2 amide bonds. The molecule has 0 spiro atoms.